The SMILES string of the molecule is COc1nc(NCc2cccc(B(O)O)c2)nc(-n2c(C)cc3c(CN)cccc32)n1. The lowest BCUT2D eigenvalue weighted by atomic mass is 9.80. The quantitative estimate of drug-likeness (QED) is 0.326. The number of benzene rings is 2. The molecule has 158 valence electrons. The molecule has 31 heavy (non-hydrogen) atoms. The van der Waals surface area contributed by atoms with Crippen LogP contribution in [-0.4, -0.2) is 43.8 Å². The van der Waals surface area contributed by atoms with Crippen LogP contribution in [0.15, 0.2) is 48.5 Å². The predicted molar refractivity (Wildman–Crippen MR) is 119 cm³/mol. The fraction of sp³-hybridized carbons (Fsp3) is 0.190. The van der Waals surface area contributed by atoms with Crippen molar-refractivity contribution in [2.45, 2.75) is 20.0 Å². The van der Waals surface area contributed by atoms with Crippen LogP contribution in [0.4, 0.5) is 5.95 Å². The van der Waals surface area contributed by atoms with Gasteiger partial charge >= 0.3 is 13.1 Å². The molecule has 4 aromatic rings. The van der Waals surface area contributed by atoms with Gasteiger partial charge in [-0.2, -0.15) is 15.0 Å². The fourth-order valence-corrected chi connectivity index (χ4v) is 3.53. The van der Waals surface area contributed by atoms with Gasteiger partial charge < -0.3 is 25.8 Å². The van der Waals surface area contributed by atoms with Gasteiger partial charge in [-0.15, -0.1) is 0 Å². The molecular formula is C21H23BN6O3. The lowest BCUT2D eigenvalue weighted by Gasteiger charge is -2.11. The average Bonchev–Trinajstić information content (AvgIpc) is 3.13. The Hall–Kier alpha value is -3.47. The molecule has 0 saturated carbocycles. The van der Waals surface area contributed by atoms with Crippen molar-refractivity contribution in [3.05, 3.63) is 65.4 Å². The third kappa shape index (κ3) is 4.22. The van der Waals surface area contributed by atoms with Gasteiger partial charge in [-0.25, -0.2) is 0 Å². The van der Waals surface area contributed by atoms with Crippen molar-refractivity contribution in [3.8, 4) is 12.0 Å². The van der Waals surface area contributed by atoms with Crippen LogP contribution in [-0.2, 0) is 13.1 Å². The van der Waals surface area contributed by atoms with Crippen LogP contribution in [0.2, 0.25) is 0 Å². The van der Waals surface area contributed by atoms with Gasteiger partial charge in [0.25, 0.3) is 0 Å². The van der Waals surface area contributed by atoms with Gasteiger partial charge in [-0.1, -0.05) is 36.4 Å². The maximum Gasteiger partial charge on any atom is 0.488 e. The number of methoxy groups -OCH3 is 1. The number of hydrogen-bond donors (Lipinski definition) is 4. The smallest absolute Gasteiger partial charge is 0.467 e. The Bertz CT molecular complexity index is 1230. The second-order valence-corrected chi connectivity index (χ2v) is 7.09. The van der Waals surface area contributed by atoms with Crippen molar-refractivity contribution in [1.29, 1.82) is 0 Å². The van der Waals surface area contributed by atoms with Crippen LogP contribution in [0, 0.1) is 6.92 Å². The van der Waals surface area contributed by atoms with E-state index in [0.29, 0.717) is 30.4 Å². The van der Waals surface area contributed by atoms with Gasteiger partial charge in [0.15, 0.2) is 0 Å². The molecule has 0 bridgehead atoms. The molecule has 0 fully saturated rings. The number of nitrogens with two attached hydrogens (primary N) is 1. The van der Waals surface area contributed by atoms with Gasteiger partial charge in [0.1, 0.15) is 0 Å². The number of nitrogens with one attached hydrogen (secondary N) is 1. The molecular weight excluding hydrogens is 395 g/mol. The standard InChI is InChI=1S/C21H23BN6O3/c1-13-9-17-15(11-23)6-4-8-18(17)28(13)20-25-19(26-21(27-20)31-2)24-12-14-5-3-7-16(10-14)22(29)30/h3-10,29-30H,11-12,23H2,1-2H3,(H,24,25,26,27). The Labute approximate surface area is 179 Å². The van der Waals surface area contributed by atoms with Gasteiger partial charge in [-0.05, 0) is 35.6 Å². The van der Waals surface area contributed by atoms with E-state index in [1.807, 2.05) is 35.8 Å². The van der Waals surface area contributed by atoms with E-state index in [0.717, 1.165) is 27.7 Å². The minimum Gasteiger partial charge on any atom is -0.467 e. The van der Waals surface area contributed by atoms with E-state index in [-0.39, 0.29) is 6.01 Å². The van der Waals surface area contributed by atoms with E-state index in [2.05, 4.69) is 26.3 Å². The zero-order valence-corrected chi connectivity index (χ0v) is 17.3. The van der Waals surface area contributed by atoms with E-state index >= 15 is 0 Å². The number of ether oxygens (including phenoxy) is 1. The molecule has 0 saturated heterocycles. The molecule has 2 heterocycles. The molecule has 0 atom stereocenters. The highest BCUT2D eigenvalue weighted by Crippen LogP contribution is 2.26. The summed E-state index contributed by atoms with van der Waals surface area (Å²) in [5.74, 6) is 0.767. The minimum absolute atomic E-state index is 0.184. The normalized spacial score (nSPS) is 11.0. The Morgan fingerprint density at radius 1 is 1.10 bits per heavy atom. The zero-order valence-electron chi connectivity index (χ0n) is 17.3. The summed E-state index contributed by atoms with van der Waals surface area (Å²) in [5, 5.41) is 22.9. The number of nitrogens with zero attached hydrogens (tertiary/aromatic N) is 4. The maximum absolute atomic E-state index is 9.37. The van der Waals surface area contributed by atoms with Crippen LogP contribution < -0.4 is 21.3 Å². The molecule has 0 amide bonds. The second-order valence-electron chi connectivity index (χ2n) is 7.09. The van der Waals surface area contributed by atoms with E-state index < -0.39 is 7.12 Å². The number of aromatic nitrogens is 4. The summed E-state index contributed by atoms with van der Waals surface area (Å²) in [6.07, 6.45) is 0. The average molecular weight is 418 g/mol. The predicted octanol–water partition coefficient (Wildman–Crippen LogP) is 0.883. The number of rotatable bonds is 7. The summed E-state index contributed by atoms with van der Waals surface area (Å²) in [6.45, 7) is 2.81. The molecule has 0 aliphatic carbocycles. The summed E-state index contributed by atoms with van der Waals surface area (Å²) in [7, 11) is -0.0189. The Balaban J connectivity index is 1.70. The molecule has 0 aliphatic rings. The van der Waals surface area contributed by atoms with Crippen molar-refractivity contribution < 1.29 is 14.8 Å². The molecule has 0 spiro atoms. The monoisotopic (exact) mass is 418 g/mol. The first-order valence-electron chi connectivity index (χ1n) is 9.79. The van der Waals surface area contributed by atoms with Crippen LogP contribution in [0.1, 0.15) is 16.8 Å². The van der Waals surface area contributed by atoms with E-state index in [1.54, 1.807) is 18.2 Å². The maximum atomic E-state index is 9.37. The Morgan fingerprint density at radius 2 is 1.90 bits per heavy atom. The summed E-state index contributed by atoms with van der Waals surface area (Å²) < 4.78 is 7.23. The number of anilines is 1. The molecule has 2 aromatic heterocycles. The van der Waals surface area contributed by atoms with Crippen molar-refractivity contribution in [2.24, 2.45) is 5.73 Å². The molecule has 0 radical (unpaired) electrons. The molecule has 5 N–H and O–H groups in total. The Morgan fingerprint density at radius 3 is 2.65 bits per heavy atom. The number of hydrogen-bond acceptors (Lipinski definition) is 8. The molecule has 4 rings (SSSR count). The van der Waals surface area contributed by atoms with Gasteiger partial charge in [0, 0.05) is 24.2 Å². The van der Waals surface area contributed by atoms with E-state index in [1.165, 1.54) is 7.11 Å². The summed E-state index contributed by atoms with van der Waals surface area (Å²) in [4.78, 5) is 13.3. The number of fused-ring (bicyclic) bond motifs is 1. The van der Waals surface area contributed by atoms with Crippen LogP contribution in [0.3, 0.4) is 0 Å². The van der Waals surface area contributed by atoms with Gasteiger partial charge in [0.05, 0.1) is 12.6 Å². The fourth-order valence-electron chi connectivity index (χ4n) is 3.53. The van der Waals surface area contributed by atoms with Crippen molar-refractivity contribution in [1.82, 2.24) is 19.5 Å². The summed E-state index contributed by atoms with van der Waals surface area (Å²) in [5.41, 5.74) is 10.1. The first-order chi connectivity index (χ1) is 15.0. The molecule has 0 aliphatic heterocycles. The second kappa shape index (κ2) is 8.72. The first kappa shape index (κ1) is 20.8. The highest BCUT2D eigenvalue weighted by molar-refractivity contribution is 6.58. The van der Waals surface area contributed by atoms with E-state index in [4.69, 9.17) is 10.5 Å². The van der Waals surface area contributed by atoms with Crippen LogP contribution in [0.25, 0.3) is 16.9 Å². The van der Waals surface area contributed by atoms with Crippen LogP contribution >= 0.6 is 0 Å². The topological polar surface area (TPSA) is 131 Å². The first-order valence-corrected chi connectivity index (χ1v) is 9.79. The lowest BCUT2D eigenvalue weighted by molar-refractivity contribution is 0.378. The minimum atomic E-state index is -1.52. The van der Waals surface area contributed by atoms with Gasteiger partial charge in [-0.3, -0.25) is 4.57 Å². The zero-order chi connectivity index (χ0) is 22.0. The van der Waals surface area contributed by atoms with E-state index in [9.17, 15) is 10.0 Å². The van der Waals surface area contributed by atoms with Crippen LogP contribution in [0.5, 0.6) is 6.01 Å². The van der Waals surface area contributed by atoms with Crippen molar-refractivity contribution >= 4 is 29.4 Å². The molecule has 2 aromatic carbocycles. The molecule has 9 nitrogen and oxygen atoms in total. The molecule has 10 heteroatoms. The highest BCUT2D eigenvalue weighted by Gasteiger charge is 2.16. The third-order valence-electron chi connectivity index (χ3n) is 5.03. The third-order valence-corrected chi connectivity index (χ3v) is 5.03. The summed E-state index contributed by atoms with van der Waals surface area (Å²) >= 11 is 0. The molecule has 0 unspecified atom stereocenters. The largest absolute Gasteiger partial charge is 0.488 e. The summed E-state index contributed by atoms with van der Waals surface area (Å²) in [6, 6.07) is 15.2. The van der Waals surface area contributed by atoms with Crippen molar-refractivity contribution in [2.75, 3.05) is 12.4 Å². The Kier molecular flexibility index (Phi) is 5.85. The number of aryl methyl sites for hydroxylation is 1. The lowest BCUT2D eigenvalue weighted by Crippen LogP contribution is -2.30. The van der Waals surface area contributed by atoms with Crippen molar-refractivity contribution in [3.63, 3.8) is 0 Å². The van der Waals surface area contributed by atoms with Gasteiger partial charge in [0.2, 0.25) is 11.9 Å². The highest BCUT2D eigenvalue weighted by atomic mass is 16.5.